The highest BCUT2D eigenvalue weighted by atomic mass is 16.2. The standard InChI is InChI=1S/C12H19NO/c1-5-10(14)13-6-8-9(7-13)11(8)12(2,3)4/h5,8-9,11H,1,6-7H2,2-4H3. The van der Waals surface area contributed by atoms with Gasteiger partial charge in [0.25, 0.3) is 0 Å². The fourth-order valence-corrected chi connectivity index (χ4v) is 3.12. The molecule has 1 saturated carbocycles. The minimum atomic E-state index is 0.102. The van der Waals surface area contributed by atoms with Gasteiger partial charge >= 0.3 is 0 Å². The van der Waals surface area contributed by atoms with E-state index in [9.17, 15) is 4.79 Å². The van der Waals surface area contributed by atoms with Crippen LogP contribution in [0.1, 0.15) is 20.8 Å². The Kier molecular flexibility index (Phi) is 1.98. The van der Waals surface area contributed by atoms with Gasteiger partial charge in [0.05, 0.1) is 0 Å². The van der Waals surface area contributed by atoms with Crippen LogP contribution >= 0.6 is 0 Å². The summed E-state index contributed by atoms with van der Waals surface area (Å²) >= 11 is 0. The molecular weight excluding hydrogens is 174 g/mol. The molecule has 0 radical (unpaired) electrons. The smallest absolute Gasteiger partial charge is 0.245 e. The number of hydrogen-bond donors (Lipinski definition) is 0. The van der Waals surface area contributed by atoms with E-state index >= 15 is 0 Å². The molecule has 0 aromatic heterocycles. The van der Waals surface area contributed by atoms with E-state index in [0.717, 1.165) is 30.8 Å². The molecule has 2 rings (SSSR count). The fraction of sp³-hybridized carbons (Fsp3) is 0.750. The number of amides is 1. The molecule has 1 saturated heterocycles. The van der Waals surface area contributed by atoms with Gasteiger partial charge in [-0.3, -0.25) is 4.79 Å². The van der Waals surface area contributed by atoms with E-state index in [1.54, 1.807) is 0 Å². The second kappa shape index (κ2) is 2.85. The zero-order valence-electron chi connectivity index (χ0n) is 9.29. The average molecular weight is 193 g/mol. The molecule has 2 atom stereocenters. The number of likely N-dealkylation sites (tertiary alicyclic amines) is 1. The van der Waals surface area contributed by atoms with Crippen LogP contribution in [0.5, 0.6) is 0 Å². The maximum Gasteiger partial charge on any atom is 0.245 e. The second-order valence-electron chi connectivity index (χ2n) is 5.67. The van der Waals surface area contributed by atoms with Gasteiger partial charge in [0.15, 0.2) is 0 Å². The highest BCUT2D eigenvalue weighted by Crippen LogP contribution is 2.59. The topological polar surface area (TPSA) is 20.3 Å². The molecular formula is C12H19NO. The van der Waals surface area contributed by atoms with Gasteiger partial charge in [-0.05, 0) is 29.2 Å². The van der Waals surface area contributed by atoms with Gasteiger partial charge in [-0.2, -0.15) is 0 Å². The largest absolute Gasteiger partial charge is 0.339 e. The van der Waals surface area contributed by atoms with Gasteiger partial charge in [-0.15, -0.1) is 0 Å². The zero-order chi connectivity index (χ0) is 10.5. The number of piperidine rings is 1. The van der Waals surface area contributed by atoms with Crippen molar-refractivity contribution in [3.8, 4) is 0 Å². The first-order valence-corrected chi connectivity index (χ1v) is 5.36. The summed E-state index contributed by atoms with van der Waals surface area (Å²) in [5.41, 5.74) is 0.415. The molecule has 0 aromatic rings. The Hall–Kier alpha value is -0.790. The van der Waals surface area contributed by atoms with Crippen molar-refractivity contribution in [3.05, 3.63) is 12.7 Å². The SMILES string of the molecule is C=CC(=O)N1CC2C(C1)C2C(C)(C)C. The average Bonchev–Trinajstić information content (AvgIpc) is 2.63. The summed E-state index contributed by atoms with van der Waals surface area (Å²) in [5.74, 6) is 2.46. The van der Waals surface area contributed by atoms with E-state index in [2.05, 4.69) is 27.4 Å². The van der Waals surface area contributed by atoms with Crippen LogP contribution in [-0.2, 0) is 4.79 Å². The van der Waals surface area contributed by atoms with E-state index < -0.39 is 0 Å². The molecule has 0 spiro atoms. The first kappa shape index (κ1) is 9.75. The first-order valence-electron chi connectivity index (χ1n) is 5.36. The molecule has 1 amide bonds. The molecule has 1 heterocycles. The van der Waals surface area contributed by atoms with Gasteiger partial charge in [-0.25, -0.2) is 0 Å². The lowest BCUT2D eigenvalue weighted by Crippen LogP contribution is -2.31. The van der Waals surface area contributed by atoms with E-state index in [0.29, 0.717) is 5.41 Å². The van der Waals surface area contributed by atoms with E-state index in [1.165, 1.54) is 6.08 Å². The number of rotatable bonds is 1. The highest BCUT2D eigenvalue weighted by Gasteiger charge is 2.60. The Morgan fingerprint density at radius 3 is 2.21 bits per heavy atom. The van der Waals surface area contributed by atoms with Crippen LogP contribution in [0.2, 0.25) is 0 Å². The number of nitrogens with zero attached hydrogens (tertiary/aromatic N) is 1. The number of carbonyl (C=O) groups excluding carboxylic acids is 1. The monoisotopic (exact) mass is 193 g/mol. The van der Waals surface area contributed by atoms with Crippen molar-refractivity contribution in [2.75, 3.05) is 13.1 Å². The van der Waals surface area contributed by atoms with E-state index in [4.69, 9.17) is 0 Å². The van der Waals surface area contributed by atoms with Crippen molar-refractivity contribution in [2.24, 2.45) is 23.2 Å². The lowest BCUT2D eigenvalue weighted by Gasteiger charge is -2.25. The summed E-state index contributed by atoms with van der Waals surface area (Å²) in [6.07, 6.45) is 1.43. The van der Waals surface area contributed by atoms with Gasteiger partial charge in [0.2, 0.25) is 5.91 Å². The molecule has 0 bridgehead atoms. The zero-order valence-corrected chi connectivity index (χ0v) is 9.29. The Morgan fingerprint density at radius 2 is 1.86 bits per heavy atom. The quantitative estimate of drug-likeness (QED) is 0.583. The lowest BCUT2D eigenvalue weighted by atomic mass is 9.87. The van der Waals surface area contributed by atoms with Crippen molar-refractivity contribution in [1.29, 1.82) is 0 Å². The fourth-order valence-electron chi connectivity index (χ4n) is 3.12. The van der Waals surface area contributed by atoms with Gasteiger partial charge < -0.3 is 4.90 Å². The van der Waals surface area contributed by atoms with Crippen molar-refractivity contribution < 1.29 is 4.79 Å². The van der Waals surface area contributed by atoms with Crippen molar-refractivity contribution in [2.45, 2.75) is 20.8 Å². The Morgan fingerprint density at radius 1 is 1.36 bits per heavy atom. The summed E-state index contributed by atoms with van der Waals surface area (Å²) in [6.45, 7) is 12.3. The molecule has 14 heavy (non-hydrogen) atoms. The van der Waals surface area contributed by atoms with Crippen molar-refractivity contribution >= 4 is 5.91 Å². The van der Waals surface area contributed by atoms with Gasteiger partial charge in [0, 0.05) is 13.1 Å². The van der Waals surface area contributed by atoms with Crippen LogP contribution in [0.15, 0.2) is 12.7 Å². The molecule has 1 aliphatic heterocycles. The van der Waals surface area contributed by atoms with E-state index in [-0.39, 0.29) is 5.91 Å². The van der Waals surface area contributed by atoms with Crippen LogP contribution < -0.4 is 0 Å². The molecule has 2 unspecified atom stereocenters. The van der Waals surface area contributed by atoms with Crippen LogP contribution in [0.4, 0.5) is 0 Å². The third kappa shape index (κ3) is 1.37. The summed E-state index contributed by atoms with van der Waals surface area (Å²) < 4.78 is 0. The summed E-state index contributed by atoms with van der Waals surface area (Å²) in [7, 11) is 0. The molecule has 1 aliphatic carbocycles. The van der Waals surface area contributed by atoms with Crippen LogP contribution in [0.3, 0.4) is 0 Å². The highest BCUT2D eigenvalue weighted by molar-refractivity contribution is 5.87. The van der Waals surface area contributed by atoms with Crippen LogP contribution in [0, 0.1) is 23.2 Å². The minimum Gasteiger partial charge on any atom is -0.339 e. The Bertz CT molecular complexity index is 265. The number of hydrogen-bond acceptors (Lipinski definition) is 1. The third-order valence-electron chi connectivity index (χ3n) is 3.68. The first-order chi connectivity index (χ1) is 6.45. The van der Waals surface area contributed by atoms with Crippen LogP contribution in [0.25, 0.3) is 0 Å². The number of carbonyl (C=O) groups is 1. The Labute approximate surface area is 86.0 Å². The minimum absolute atomic E-state index is 0.102. The molecule has 0 aromatic carbocycles. The summed E-state index contributed by atoms with van der Waals surface area (Å²) in [4.78, 5) is 13.3. The maximum absolute atomic E-state index is 11.3. The number of fused-ring (bicyclic) bond motifs is 1. The Balaban J connectivity index is 1.94. The van der Waals surface area contributed by atoms with Crippen molar-refractivity contribution in [3.63, 3.8) is 0 Å². The third-order valence-corrected chi connectivity index (χ3v) is 3.68. The summed E-state index contributed by atoms with van der Waals surface area (Å²) in [6, 6.07) is 0. The van der Waals surface area contributed by atoms with Crippen molar-refractivity contribution in [1.82, 2.24) is 4.90 Å². The van der Waals surface area contributed by atoms with E-state index in [1.807, 2.05) is 4.90 Å². The molecule has 2 heteroatoms. The lowest BCUT2D eigenvalue weighted by molar-refractivity contribution is -0.125. The molecule has 2 fully saturated rings. The van der Waals surface area contributed by atoms with Gasteiger partial charge in [-0.1, -0.05) is 27.4 Å². The summed E-state index contributed by atoms with van der Waals surface area (Å²) in [5, 5.41) is 0. The normalized spacial score (nSPS) is 35.4. The predicted octanol–water partition coefficient (Wildman–Crippen LogP) is 1.92. The molecule has 0 N–H and O–H groups in total. The van der Waals surface area contributed by atoms with Crippen LogP contribution in [-0.4, -0.2) is 23.9 Å². The molecule has 2 nitrogen and oxygen atoms in total. The second-order valence-corrected chi connectivity index (χ2v) is 5.67. The maximum atomic E-state index is 11.3. The molecule has 2 aliphatic rings. The van der Waals surface area contributed by atoms with Gasteiger partial charge in [0.1, 0.15) is 0 Å². The predicted molar refractivity (Wildman–Crippen MR) is 56.7 cm³/mol. The molecule has 78 valence electrons.